The number of H-pyrrole nitrogens is 1. The zero-order chi connectivity index (χ0) is 11.1. The van der Waals surface area contributed by atoms with Crippen molar-refractivity contribution in [3.05, 3.63) is 28.3 Å². The van der Waals surface area contributed by atoms with E-state index in [1.165, 1.54) is 17.7 Å². The molecule has 1 aliphatic carbocycles. The van der Waals surface area contributed by atoms with Crippen LogP contribution >= 0.6 is 12.2 Å². The van der Waals surface area contributed by atoms with Crippen molar-refractivity contribution in [1.29, 1.82) is 0 Å². The maximum Gasteiger partial charge on any atom is 0.175 e. The van der Waals surface area contributed by atoms with Gasteiger partial charge in [-0.1, -0.05) is 12.2 Å². The number of aromatic nitrogens is 4. The van der Waals surface area contributed by atoms with Crippen LogP contribution in [0.1, 0.15) is 17.7 Å². The SMILES string of the molecule is Cn1ccnc1-c1nc(=S)c2c([nH]1)CCC2. The van der Waals surface area contributed by atoms with E-state index < -0.39 is 0 Å². The normalized spacial score (nSPS) is 14.1. The highest BCUT2D eigenvalue weighted by Crippen LogP contribution is 2.23. The molecule has 0 aliphatic heterocycles. The van der Waals surface area contributed by atoms with Gasteiger partial charge in [-0.25, -0.2) is 9.97 Å². The molecule has 0 amide bonds. The second-order valence-electron chi connectivity index (χ2n) is 4.06. The van der Waals surface area contributed by atoms with E-state index in [4.69, 9.17) is 12.2 Å². The summed E-state index contributed by atoms with van der Waals surface area (Å²) in [6, 6.07) is 0. The van der Waals surface area contributed by atoms with Crippen molar-refractivity contribution in [2.75, 3.05) is 0 Å². The summed E-state index contributed by atoms with van der Waals surface area (Å²) in [5.74, 6) is 1.61. The van der Waals surface area contributed by atoms with Crippen LogP contribution < -0.4 is 0 Å². The number of aromatic amines is 1. The maximum absolute atomic E-state index is 5.32. The van der Waals surface area contributed by atoms with Gasteiger partial charge in [-0.05, 0) is 19.3 Å². The third kappa shape index (κ3) is 1.39. The molecule has 5 heteroatoms. The Labute approximate surface area is 98.4 Å². The zero-order valence-corrected chi connectivity index (χ0v) is 9.84. The molecular formula is C11H12N4S. The van der Waals surface area contributed by atoms with Crippen LogP contribution in [-0.2, 0) is 19.9 Å². The van der Waals surface area contributed by atoms with Gasteiger partial charge >= 0.3 is 0 Å². The van der Waals surface area contributed by atoms with E-state index in [0.29, 0.717) is 0 Å². The molecule has 4 nitrogen and oxygen atoms in total. The molecule has 0 saturated carbocycles. The highest BCUT2D eigenvalue weighted by Gasteiger charge is 2.16. The number of nitrogens with one attached hydrogen (secondary N) is 1. The van der Waals surface area contributed by atoms with Crippen molar-refractivity contribution in [3.63, 3.8) is 0 Å². The minimum absolute atomic E-state index is 0.726. The first kappa shape index (κ1) is 9.72. The Kier molecular flexibility index (Phi) is 2.14. The fraction of sp³-hybridized carbons (Fsp3) is 0.364. The van der Waals surface area contributed by atoms with E-state index in [1.807, 2.05) is 17.8 Å². The van der Waals surface area contributed by atoms with Gasteiger partial charge in [-0.3, -0.25) is 0 Å². The number of imidazole rings is 1. The molecule has 2 aromatic heterocycles. The molecule has 0 spiro atoms. The minimum atomic E-state index is 0.726. The summed E-state index contributed by atoms with van der Waals surface area (Å²) in [6.45, 7) is 0. The number of nitrogens with zero attached hydrogens (tertiary/aromatic N) is 3. The smallest absolute Gasteiger partial charge is 0.175 e. The van der Waals surface area contributed by atoms with Crippen molar-refractivity contribution < 1.29 is 0 Å². The van der Waals surface area contributed by atoms with Crippen LogP contribution in [0.3, 0.4) is 0 Å². The zero-order valence-electron chi connectivity index (χ0n) is 9.03. The van der Waals surface area contributed by atoms with Gasteiger partial charge in [0, 0.05) is 30.7 Å². The topological polar surface area (TPSA) is 46.5 Å². The molecule has 0 radical (unpaired) electrons. The fourth-order valence-electron chi connectivity index (χ4n) is 2.16. The van der Waals surface area contributed by atoms with Crippen LogP contribution in [0.4, 0.5) is 0 Å². The Balaban J connectivity index is 2.21. The van der Waals surface area contributed by atoms with Crippen molar-refractivity contribution in [2.24, 2.45) is 7.05 Å². The quantitative estimate of drug-likeness (QED) is 0.765. The van der Waals surface area contributed by atoms with Gasteiger partial charge in [-0.2, -0.15) is 0 Å². The van der Waals surface area contributed by atoms with Crippen LogP contribution in [0.15, 0.2) is 12.4 Å². The van der Waals surface area contributed by atoms with Crippen molar-refractivity contribution >= 4 is 12.2 Å². The molecule has 1 aliphatic rings. The van der Waals surface area contributed by atoms with E-state index in [1.54, 1.807) is 6.20 Å². The lowest BCUT2D eigenvalue weighted by Gasteiger charge is -2.05. The van der Waals surface area contributed by atoms with E-state index in [2.05, 4.69) is 15.0 Å². The number of aryl methyl sites for hydroxylation is 2. The average Bonchev–Trinajstić information content (AvgIpc) is 2.85. The first-order chi connectivity index (χ1) is 7.75. The van der Waals surface area contributed by atoms with Crippen LogP contribution in [0.25, 0.3) is 11.6 Å². The number of rotatable bonds is 1. The predicted molar refractivity (Wildman–Crippen MR) is 63.6 cm³/mol. The molecule has 0 bridgehead atoms. The van der Waals surface area contributed by atoms with E-state index in [-0.39, 0.29) is 0 Å². The van der Waals surface area contributed by atoms with Gasteiger partial charge in [-0.15, -0.1) is 0 Å². The molecule has 0 fully saturated rings. The fourth-order valence-corrected chi connectivity index (χ4v) is 2.47. The van der Waals surface area contributed by atoms with Gasteiger partial charge in [0.25, 0.3) is 0 Å². The predicted octanol–water partition coefficient (Wildman–Crippen LogP) is 2.03. The molecule has 2 heterocycles. The Morgan fingerprint density at radius 3 is 3.06 bits per heavy atom. The van der Waals surface area contributed by atoms with E-state index in [0.717, 1.165) is 29.1 Å². The van der Waals surface area contributed by atoms with Crippen LogP contribution in [0.5, 0.6) is 0 Å². The molecule has 82 valence electrons. The monoisotopic (exact) mass is 232 g/mol. The molecule has 0 atom stereocenters. The van der Waals surface area contributed by atoms with Gasteiger partial charge in [0.1, 0.15) is 4.64 Å². The molecule has 0 saturated heterocycles. The second-order valence-corrected chi connectivity index (χ2v) is 4.45. The van der Waals surface area contributed by atoms with Crippen LogP contribution in [0.2, 0.25) is 0 Å². The Bertz CT molecular complexity index is 596. The number of fused-ring (bicyclic) bond motifs is 1. The van der Waals surface area contributed by atoms with Crippen molar-refractivity contribution in [2.45, 2.75) is 19.3 Å². The lowest BCUT2D eigenvalue weighted by molar-refractivity contribution is 0.887. The van der Waals surface area contributed by atoms with E-state index in [9.17, 15) is 0 Å². The molecular weight excluding hydrogens is 220 g/mol. The van der Waals surface area contributed by atoms with Gasteiger partial charge in [0.05, 0.1) is 0 Å². The van der Waals surface area contributed by atoms with Gasteiger partial charge in [0.2, 0.25) is 0 Å². The maximum atomic E-state index is 5.32. The summed E-state index contributed by atoms with van der Waals surface area (Å²) in [6.07, 6.45) is 6.96. The Morgan fingerprint density at radius 2 is 2.31 bits per heavy atom. The summed E-state index contributed by atoms with van der Waals surface area (Å²) < 4.78 is 2.67. The van der Waals surface area contributed by atoms with Crippen LogP contribution in [0, 0.1) is 4.64 Å². The molecule has 16 heavy (non-hydrogen) atoms. The highest BCUT2D eigenvalue weighted by atomic mass is 32.1. The lowest BCUT2D eigenvalue weighted by atomic mass is 10.3. The Morgan fingerprint density at radius 1 is 1.44 bits per heavy atom. The number of hydrogen-bond donors (Lipinski definition) is 1. The van der Waals surface area contributed by atoms with Crippen molar-refractivity contribution in [3.8, 4) is 11.6 Å². The second kappa shape index (κ2) is 3.52. The van der Waals surface area contributed by atoms with Crippen molar-refractivity contribution in [1.82, 2.24) is 19.5 Å². The molecule has 0 unspecified atom stereocenters. The summed E-state index contributed by atoms with van der Waals surface area (Å²) in [5, 5.41) is 0. The van der Waals surface area contributed by atoms with Gasteiger partial charge in [0.15, 0.2) is 11.6 Å². The number of hydrogen-bond acceptors (Lipinski definition) is 3. The first-order valence-corrected chi connectivity index (χ1v) is 5.76. The highest BCUT2D eigenvalue weighted by molar-refractivity contribution is 7.71. The standard InChI is InChI=1S/C11H12N4S/c1-15-6-5-12-10(15)9-13-8-4-2-3-7(8)11(16)14-9/h5-6H,2-4H2,1H3,(H,13,14,16). The summed E-state index contributed by atoms with van der Waals surface area (Å²) >= 11 is 5.32. The van der Waals surface area contributed by atoms with E-state index >= 15 is 0 Å². The molecule has 1 N–H and O–H groups in total. The average molecular weight is 232 g/mol. The van der Waals surface area contributed by atoms with Crippen LogP contribution in [-0.4, -0.2) is 19.5 Å². The molecule has 2 aromatic rings. The minimum Gasteiger partial charge on any atom is -0.340 e. The summed E-state index contributed by atoms with van der Waals surface area (Å²) in [4.78, 5) is 12.0. The Hall–Kier alpha value is -1.49. The molecule has 0 aromatic carbocycles. The van der Waals surface area contributed by atoms with Gasteiger partial charge < -0.3 is 9.55 Å². The summed E-state index contributed by atoms with van der Waals surface area (Å²) in [7, 11) is 1.95. The summed E-state index contributed by atoms with van der Waals surface area (Å²) in [5.41, 5.74) is 2.45. The lowest BCUT2D eigenvalue weighted by Crippen LogP contribution is -2.01. The molecule has 3 rings (SSSR count). The largest absolute Gasteiger partial charge is 0.340 e. The third-order valence-electron chi connectivity index (χ3n) is 2.99. The third-order valence-corrected chi connectivity index (χ3v) is 3.33. The first-order valence-electron chi connectivity index (χ1n) is 5.35.